The molecule has 0 saturated heterocycles. The first-order chi connectivity index (χ1) is 56.8. The van der Waals surface area contributed by atoms with Gasteiger partial charge in [-0.25, -0.2) is 44.5 Å². The quantitative estimate of drug-likeness (QED) is 0.0520. The molecule has 0 aliphatic rings. The minimum Gasteiger partial charge on any atom is -0.397 e. The van der Waals surface area contributed by atoms with Crippen LogP contribution in [0.5, 0.6) is 0 Å². The van der Waals surface area contributed by atoms with E-state index in [1.165, 1.54) is 0 Å². The van der Waals surface area contributed by atoms with E-state index in [0.717, 1.165) is 27.7 Å². The third-order valence-electron chi connectivity index (χ3n) is 10.8. The third-order valence-corrected chi connectivity index (χ3v) is 10.8. The average Bonchev–Trinajstić information content (AvgIpc) is 1.60. The molecule has 3 atom stereocenters. The van der Waals surface area contributed by atoms with Gasteiger partial charge in [-0.05, 0) is 105 Å². The molecular formula is C56H96BN16NaO13. The molecule has 0 spiro atoms. The van der Waals surface area contributed by atoms with Gasteiger partial charge in [0.1, 0.15) is 11.3 Å². The van der Waals surface area contributed by atoms with E-state index in [4.69, 9.17) is 60.2 Å². The number of aliphatic hydroxyl groups is 4. The minimum atomic E-state index is -3.15. The molecule has 0 radical (unpaired) electrons. The summed E-state index contributed by atoms with van der Waals surface area (Å²) in [5.41, 5.74) is -16.2. The molecule has 0 aliphatic carbocycles. The van der Waals surface area contributed by atoms with Gasteiger partial charge in [0.2, 0.25) is 1.43 Å². The van der Waals surface area contributed by atoms with Gasteiger partial charge in [0.25, 0.3) is 22.2 Å². The number of carbonyl (C=O) groups excluding carboxylic acids is 1. The van der Waals surface area contributed by atoms with Gasteiger partial charge in [-0.2, -0.15) is 0 Å². The molecule has 0 amide bonds. The Kier molecular flexibility index (Phi) is 14.1. The van der Waals surface area contributed by atoms with Crippen LogP contribution in [0.4, 0.5) is 0 Å². The third kappa shape index (κ3) is 20.1. The van der Waals surface area contributed by atoms with Crippen molar-refractivity contribution in [2.24, 2.45) is 55.8 Å². The van der Waals surface area contributed by atoms with Crippen LogP contribution in [0.25, 0.3) is 44.7 Å². The van der Waals surface area contributed by atoms with Crippen LogP contribution in [-0.2, 0) is 86.8 Å². The summed E-state index contributed by atoms with van der Waals surface area (Å²) in [4.78, 5) is 127. The maximum Gasteiger partial charge on any atom is 1.00 e. The smallest absolute Gasteiger partial charge is 0.397 e. The van der Waals surface area contributed by atoms with Crippen molar-refractivity contribution in [1.29, 1.82) is 6.77 Å². The van der Waals surface area contributed by atoms with Gasteiger partial charge < -0.3 is 43.5 Å². The number of aliphatic hydroxyl groups excluding tert-OH is 1. The molecule has 0 aromatic carbocycles. The molecule has 8 rings (SSSR count). The number of rotatable bonds is 21. The van der Waals surface area contributed by atoms with Crippen LogP contribution >= 0.6 is 0 Å². The Morgan fingerprint density at radius 2 is 0.747 bits per heavy atom. The fraction of sp³-hybridized carbons (Fsp3) is 0.625. The number of ketones is 1. The number of imidazole rings is 4. The van der Waals surface area contributed by atoms with Crippen molar-refractivity contribution in [2.45, 2.75) is 171 Å². The molecule has 0 bridgehead atoms. The van der Waals surface area contributed by atoms with E-state index in [2.05, 4.69) is 25.0 Å². The molecule has 8 heterocycles. The van der Waals surface area contributed by atoms with E-state index in [1.54, 1.807) is 6.92 Å². The van der Waals surface area contributed by atoms with E-state index >= 15 is 0 Å². The van der Waals surface area contributed by atoms with Crippen LogP contribution in [0, 0.1) is 0 Å². The Morgan fingerprint density at radius 3 is 0.931 bits per heavy atom. The van der Waals surface area contributed by atoms with Gasteiger partial charge in [0.15, 0.2) is 44.7 Å². The zero-order chi connectivity index (χ0) is 101. The number of nitrogens with zero attached hydrogens (tertiary/aromatic N) is 16. The van der Waals surface area contributed by atoms with E-state index in [9.17, 15) is 58.5 Å². The van der Waals surface area contributed by atoms with Crippen LogP contribution in [0.15, 0.2) is 63.6 Å². The van der Waals surface area contributed by atoms with Gasteiger partial charge in [-0.15, -0.1) is 0 Å². The Bertz CT molecular complexity index is 5430. The molecule has 8 aromatic heterocycles. The number of aryl methyl sites for hydroxylation is 8. The Hall–Kier alpha value is -6.83. The Labute approximate surface area is 590 Å². The zero-order valence-corrected chi connectivity index (χ0v) is 48.3. The van der Waals surface area contributed by atoms with Crippen molar-refractivity contribution in [3.8, 4) is 0 Å². The van der Waals surface area contributed by atoms with Crippen molar-refractivity contribution >= 4 is 58.7 Å². The van der Waals surface area contributed by atoms with Crippen LogP contribution in [0.3, 0.4) is 0 Å². The van der Waals surface area contributed by atoms with E-state index in [1.807, 2.05) is 0 Å². The van der Waals surface area contributed by atoms with E-state index in [0.29, 0.717) is 24.9 Å². The second-order valence-corrected chi connectivity index (χ2v) is 16.9. The molecule has 0 saturated carbocycles. The molecular weight excluding hydrogens is 1140 g/mol. The predicted molar refractivity (Wildman–Crippen MR) is 340 cm³/mol. The second kappa shape index (κ2) is 37.1. The Morgan fingerprint density at radius 1 is 0.517 bits per heavy atom. The van der Waals surface area contributed by atoms with Crippen molar-refractivity contribution in [3.05, 3.63) is 109 Å². The first-order valence-corrected chi connectivity index (χ1v) is 24.1. The molecule has 1 unspecified atom stereocenters. The normalized spacial score (nSPS) is 22.1. The van der Waals surface area contributed by atoms with Crippen molar-refractivity contribution in [2.75, 3.05) is 6.61 Å². The van der Waals surface area contributed by atoms with Crippen molar-refractivity contribution < 1.29 is 108 Å². The van der Waals surface area contributed by atoms with Gasteiger partial charge in [-0.3, -0.25) is 55.7 Å². The number of aromatic nitrogens is 16. The largest absolute Gasteiger partial charge is 1.00 e. The fourth-order valence-electron chi connectivity index (χ4n) is 7.10. The van der Waals surface area contributed by atoms with E-state index in [-0.39, 0.29) is 113 Å². The molecule has 31 heteroatoms. The van der Waals surface area contributed by atoms with Crippen molar-refractivity contribution in [3.63, 3.8) is 0 Å². The zero-order valence-electron chi connectivity index (χ0n) is 90.3. The molecule has 29 nitrogen and oxygen atoms in total. The summed E-state index contributed by atoms with van der Waals surface area (Å²) in [5, 5.41) is 32.5. The summed E-state index contributed by atoms with van der Waals surface area (Å²) in [7, 11) is -3.00. The van der Waals surface area contributed by atoms with Gasteiger partial charge in [0.05, 0.1) is 47.6 Å². The SMILES string of the molecule is C.C.[2H]OCC.[2H][B-]([2H])([2H])[2H].[2H]c1nc2c(c(=O)n(CCCC([2H])([2H])C(C)=O)c(=O)n2C([2H])([2H])[2H])n1C([2H])([2H])[2H].[2H]c1nc2c(c(=O)n(CCCC([2H])([2H])C([2H])(C)O)c(=O)n2C([2H])([2H])[2H])n1C([2H])([2H])[2H].[2H]c1nc2c(c(=O)n(CCCC([2H])([2H])[C@@]([2H])(C)O)c(=O)n2C([2H])([2H])[2H])n1C([2H])([2H])[2H].[2H]c1nc2c(c(=O)n(CCCC([2H])([2H])[C@]([2H])(C)O)c(=O)n2C([2H])([2H])[2H])n1C([2H])([2H])[2H].[Na+]. The van der Waals surface area contributed by atoms with Gasteiger partial charge in [-0.1, -0.05) is 23.1 Å². The second-order valence-electron chi connectivity index (χ2n) is 16.9. The summed E-state index contributed by atoms with van der Waals surface area (Å²) in [6, 6.07) is 0. The molecule has 482 valence electrons. The summed E-state index contributed by atoms with van der Waals surface area (Å²) in [6.07, 6.45) is -23.1. The van der Waals surface area contributed by atoms with Crippen LogP contribution < -0.4 is 74.6 Å². The summed E-state index contributed by atoms with van der Waals surface area (Å²) < 4.78 is 329. The summed E-state index contributed by atoms with van der Waals surface area (Å²) in [5.74, 6) is -0.750. The number of carbonyl (C=O) groups is 1. The molecule has 87 heavy (non-hydrogen) atoms. The topological polar surface area (TPSA) is 345 Å². The summed E-state index contributed by atoms with van der Waals surface area (Å²) in [6.45, 7) is -20.7. The summed E-state index contributed by atoms with van der Waals surface area (Å²) >= 11 is 0. The van der Waals surface area contributed by atoms with Gasteiger partial charge >= 0.3 is 52.3 Å². The maximum absolute atomic E-state index is 12.9. The van der Waals surface area contributed by atoms with Crippen LogP contribution in [-0.4, -0.2) is 141 Å². The average molecular weight is 1280 g/mol. The van der Waals surface area contributed by atoms with Crippen LogP contribution in [0.2, 0.25) is 0 Å². The first kappa shape index (κ1) is 33.1. The van der Waals surface area contributed by atoms with E-state index < -0.39 is 274 Å². The van der Waals surface area contributed by atoms with Gasteiger partial charge in [0, 0.05) is 139 Å². The number of hydrogen-bond donors (Lipinski definition) is 4. The molecule has 0 aliphatic heterocycles. The van der Waals surface area contributed by atoms with Crippen LogP contribution in [0.1, 0.15) is 180 Å². The fourth-order valence-corrected chi connectivity index (χ4v) is 7.10. The maximum atomic E-state index is 12.9. The standard InChI is InChI=1S/3C13H20N4O3.C13H18N4O3.C2H6O.2CH4.BH4.Na/c4*1-9(18)6-4-5-7-17-12(19)10-11(14-8-15(10)2)16(3)13(17)20;1-2-3;;;;/h3*8-9,18H,4-7H2,1-3H3;8H,4-7H2,1-3H3;3H,2H2,1H3;3*1H4;/q;;;;;;;-1;+1/t2*9-;;;;;;;/m10......./s1/i3*2D3,3D3,6D2,8D,9D;2D3,3D3,6D2,8D;3D;;;1D4;. The molecule has 0 fully saturated rings. The molecule has 8 aromatic rings. The number of hydrogen-bond acceptors (Lipinski definition) is 17. The monoisotopic (exact) mass is 1280 g/mol. The number of fused-ring (bicyclic) bond motifs is 4. The Balaban J connectivity index is 0.00000165. The first-order valence-electron chi connectivity index (χ1n) is 46.3. The number of Topliss-reactive ketones (excluding diaryl/α,β-unsaturated/α-hetero) is 1. The van der Waals surface area contributed by atoms with Crippen molar-refractivity contribution in [1.82, 2.24) is 74.7 Å². The minimum absolute atomic E-state index is 0. The molecule has 4 N–H and O–H groups in total. The predicted octanol–water partition coefficient (Wildman–Crippen LogP) is -3.03.